The van der Waals surface area contributed by atoms with Gasteiger partial charge in [-0.1, -0.05) is 42.5 Å². The van der Waals surface area contributed by atoms with Gasteiger partial charge >= 0.3 is 0 Å². The Kier molecular flexibility index (Phi) is 5.74. The van der Waals surface area contributed by atoms with Crippen molar-refractivity contribution in [3.8, 4) is 0 Å². The third kappa shape index (κ3) is 4.09. The minimum atomic E-state index is -0.581. The average Bonchev–Trinajstić information content (AvgIpc) is 2.38. The second-order valence-electron chi connectivity index (χ2n) is 4.00. The van der Waals surface area contributed by atoms with Crippen LogP contribution >= 0.6 is 12.2 Å². The van der Waals surface area contributed by atoms with Gasteiger partial charge in [-0.3, -0.25) is 4.79 Å². The number of likely N-dealkylation sites (N-methyl/N-ethyl adjacent to an activating group) is 1. The highest BCUT2D eigenvalue weighted by Gasteiger charge is 2.23. The van der Waals surface area contributed by atoms with E-state index in [0.29, 0.717) is 18.0 Å². The molecular weight excluding hydrogens is 248 g/mol. The predicted molar refractivity (Wildman–Crippen MR) is 75.2 cm³/mol. The molecule has 0 saturated heterocycles. The van der Waals surface area contributed by atoms with E-state index in [1.165, 1.54) is 7.11 Å². The van der Waals surface area contributed by atoms with E-state index in [2.05, 4.69) is 0 Å². The van der Waals surface area contributed by atoms with Crippen molar-refractivity contribution in [2.24, 2.45) is 5.73 Å². The number of methoxy groups -OCH3 is 1. The minimum Gasteiger partial charge on any atom is -0.393 e. The number of rotatable bonds is 6. The molecule has 1 rings (SSSR count). The molecule has 0 spiro atoms. The van der Waals surface area contributed by atoms with Crippen LogP contribution in [0.4, 0.5) is 0 Å². The van der Waals surface area contributed by atoms with Gasteiger partial charge in [0.25, 0.3) is 5.91 Å². The Morgan fingerprint density at radius 1 is 1.44 bits per heavy atom. The first-order valence-electron chi connectivity index (χ1n) is 5.67. The molecule has 2 N–H and O–H groups in total. The predicted octanol–water partition coefficient (Wildman–Crippen LogP) is 1.51. The fourth-order valence-corrected chi connectivity index (χ4v) is 1.69. The average molecular weight is 266 g/mol. The van der Waals surface area contributed by atoms with E-state index in [1.807, 2.05) is 30.3 Å². The molecule has 0 saturated carbocycles. The number of nitrogens with zero attached hydrogens (tertiary/aromatic N) is 1. The van der Waals surface area contributed by atoms with Crippen molar-refractivity contribution in [2.75, 3.05) is 20.7 Å². The zero-order valence-corrected chi connectivity index (χ0v) is 11.4. The van der Waals surface area contributed by atoms with E-state index in [1.54, 1.807) is 11.9 Å². The summed E-state index contributed by atoms with van der Waals surface area (Å²) in [6, 6.07) is 9.39. The van der Waals surface area contributed by atoms with Crippen molar-refractivity contribution in [1.29, 1.82) is 0 Å². The van der Waals surface area contributed by atoms with Crippen LogP contribution in [0.2, 0.25) is 0 Å². The number of carbonyl (C=O) groups is 1. The summed E-state index contributed by atoms with van der Waals surface area (Å²) in [6.45, 7) is 0.501. The first-order valence-corrected chi connectivity index (χ1v) is 6.08. The van der Waals surface area contributed by atoms with E-state index in [0.717, 1.165) is 5.56 Å². The third-order valence-electron chi connectivity index (χ3n) is 2.63. The topological polar surface area (TPSA) is 55.6 Å². The molecule has 5 heteroatoms. The van der Waals surface area contributed by atoms with Crippen molar-refractivity contribution in [2.45, 2.75) is 12.5 Å². The molecule has 18 heavy (non-hydrogen) atoms. The quantitative estimate of drug-likeness (QED) is 0.793. The molecule has 0 bridgehead atoms. The van der Waals surface area contributed by atoms with Gasteiger partial charge in [-0.2, -0.15) is 0 Å². The van der Waals surface area contributed by atoms with E-state index in [-0.39, 0.29) is 5.91 Å². The molecular formula is C13H18N2O2S. The first kappa shape index (κ1) is 14.6. The number of hydrogen-bond acceptors (Lipinski definition) is 3. The summed E-state index contributed by atoms with van der Waals surface area (Å²) in [5.74, 6) is -0.0973. The maximum atomic E-state index is 12.2. The molecule has 1 aromatic rings. The highest BCUT2D eigenvalue weighted by Crippen LogP contribution is 2.18. The zero-order chi connectivity index (χ0) is 13.5. The second kappa shape index (κ2) is 7.08. The Balaban J connectivity index is 2.71. The fourth-order valence-electron chi connectivity index (χ4n) is 1.60. The summed E-state index contributed by atoms with van der Waals surface area (Å²) < 4.78 is 5.27. The summed E-state index contributed by atoms with van der Waals surface area (Å²) in [7, 11) is 3.24. The third-order valence-corrected chi connectivity index (χ3v) is 2.84. The summed E-state index contributed by atoms with van der Waals surface area (Å²) in [4.78, 5) is 14.2. The molecule has 0 fully saturated rings. The lowest BCUT2D eigenvalue weighted by Crippen LogP contribution is -2.34. The van der Waals surface area contributed by atoms with Crippen molar-refractivity contribution in [1.82, 2.24) is 4.90 Å². The fraction of sp³-hybridized carbons (Fsp3) is 0.385. The molecule has 1 amide bonds. The van der Waals surface area contributed by atoms with E-state index < -0.39 is 6.10 Å². The Morgan fingerprint density at radius 2 is 2.06 bits per heavy atom. The normalized spacial score (nSPS) is 11.9. The zero-order valence-electron chi connectivity index (χ0n) is 10.6. The number of ether oxygens (including phenoxy) is 1. The van der Waals surface area contributed by atoms with Crippen molar-refractivity contribution < 1.29 is 9.53 Å². The van der Waals surface area contributed by atoms with Gasteiger partial charge in [0.05, 0.1) is 4.99 Å². The van der Waals surface area contributed by atoms with Crippen LogP contribution in [0.1, 0.15) is 18.1 Å². The number of benzene rings is 1. The summed E-state index contributed by atoms with van der Waals surface area (Å²) in [5, 5.41) is 0. The Bertz CT molecular complexity index is 409. The van der Waals surface area contributed by atoms with Gasteiger partial charge < -0.3 is 15.4 Å². The Labute approximate surface area is 113 Å². The van der Waals surface area contributed by atoms with Crippen LogP contribution in [0.3, 0.4) is 0 Å². The van der Waals surface area contributed by atoms with Crippen molar-refractivity contribution in [3.63, 3.8) is 0 Å². The Hall–Kier alpha value is -1.46. The second-order valence-corrected chi connectivity index (χ2v) is 4.53. The number of nitrogens with two attached hydrogens (primary N) is 1. The highest BCUT2D eigenvalue weighted by molar-refractivity contribution is 7.80. The van der Waals surface area contributed by atoms with Crippen LogP contribution in [0, 0.1) is 0 Å². The summed E-state index contributed by atoms with van der Waals surface area (Å²) in [6.07, 6.45) is -0.0643. The molecule has 4 nitrogen and oxygen atoms in total. The molecule has 1 atom stereocenters. The smallest absolute Gasteiger partial charge is 0.256 e. The van der Waals surface area contributed by atoms with Gasteiger partial charge in [-0.05, 0) is 5.56 Å². The highest BCUT2D eigenvalue weighted by atomic mass is 32.1. The largest absolute Gasteiger partial charge is 0.393 e. The number of carbonyl (C=O) groups excluding carboxylic acids is 1. The molecule has 0 aliphatic heterocycles. The lowest BCUT2D eigenvalue weighted by molar-refractivity contribution is -0.140. The van der Waals surface area contributed by atoms with Crippen molar-refractivity contribution >= 4 is 23.1 Å². The molecule has 0 aliphatic rings. The molecule has 98 valence electrons. The number of amides is 1. The first-order chi connectivity index (χ1) is 8.56. The standard InChI is InChI=1S/C13H18N2O2S/c1-15(9-8-11(14)18)13(16)12(17-2)10-6-4-3-5-7-10/h3-7,12H,8-9H2,1-2H3,(H2,14,18). The monoisotopic (exact) mass is 266 g/mol. The van der Waals surface area contributed by atoms with E-state index in [9.17, 15) is 4.79 Å². The number of hydrogen-bond donors (Lipinski definition) is 1. The van der Waals surface area contributed by atoms with Gasteiger partial charge in [0.1, 0.15) is 0 Å². The van der Waals surface area contributed by atoms with Gasteiger partial charge in [0.2, 0.25) is 0 Å². The van der Waals surface area contributed by atoms with Gasteiger partial charge in [-0.15, -0.1) is 0 Å². The van der Waals surface area contributed by atoms with E-state index in [4.69, 9.17) is 22.7 Å². The van der Waals surface area contributed by atoms with Crippen LogP contribution < -0.4 is 5.73 Å². The van der Waals surface area contributed by atoms with Crippen LogP contribution in [0.15, 0.2) is 30.3 Å². The maximum Gasteiger partial charge on any atom is 0.256 e. The Morgan fingerprint density at radius 3 is 2.56 bits per heavy atom. The number of thiocarbonyl (C=S) groups is 1. The lowest BCUT2D eigenvalue weighted by Gasteiger charge is -2.23. The molecule has 0 aliphatic carbocycles. The molecule has 1 aromatic carbocycles. The van der Waals surface area contributed by atoms with Crippen molar-refractivity contribution in [3.05, 3.63) is 35.9 Å². The lowest BCUT2D eigenvalue weighted by atomic mass is 10.1. The van der Waals surface area contributed by atoms with Crippen LogP contribution in [0.25, 0.3) is 0 Å². The van der Waals surface area contributed by atoms with Crippen LogP contribution in [-0.2, 0) is 9.53 Å². The molecule has 0 aromatic heterocycles. The molecule has 0 radical (unpaired) electrons. The van der Waals surface area contributed by atoms with Crippen LogP contribution in [-0.4, -0.2) is 36.5 Å². The van der Waals surface area contributed by atoms with Gasteiger partial charge in [0, 0.05) is 27.1 Å². The van der Waals surface area contributed by atoms with Gasteiger partial charge in [0.15, 0.2) is 6.10 Å². The molecule has 0 heterocycles. The molecule has 1 unspecified atom stereocenters. The maximum absolute atomic E-state index is 12.2. The minimum absolute atomic E-state index is 0.0973. The summed E-state index contributed by atoms with van der Waals surface area (Å²) >= 11 is 4.80. The van der Waals surface area contributed by atoms with E-state index >= 15 is 0 Å². The summed E-state index contributed by atoms with van der Waals surface area (Å²) in [5.41, 5.74) is 6.26. The van der Waals surface area contributed by atoms with Crippen LogP contribution in [0.5, 0.6) is 0 Å². The SMILES string of the molecule is COC(C(=O)N(C)CCC(N)=S)c1ccccc1. The van der Waals surface area contributed by atoms with Gasteiger partial charge in [-0.25, -0.2) is 0 Å².